The zero-order chi connectivity index (χ0) is 14.9. The molecule has 1 aliphatic rings. The van der Waals surface area contributed by atoms with Crippen molar-refractivity contribution in [2.45, 2.75) is 26.1 Å². The van der Waals surface area contributed by atoms with E-state index in [1.165, 1.54) is 0 Å². The van der Waals surface area contributed by atoms with Gasteiger partial charge in [-0.1, -0.05) is 0 Å². The highest BCUT2D eigenvalue weighted by Gasteiger charge is 2.36. The molecule has 1 unspecified atom stereocenters. The number of nitrogens with zero attached hydrogens (tertiary/aromatic N) is 2. The Kier molecular flexibility index (Phi) is 4.14. The van der Waals surface area contributed by atoms with Crippen molar-refractivity contribution >= 4 is 0 Å². The van der Waals surface area contributed by atoms with Gasteiger partial charge in [0, 0.05) is 31.7 Å². The number of aromatic amines is 1. The van der Waals surface area contributed by atoms with Crippen LogP contribution < -0.4 is 10.9 Å². The number of piperazine rings is 1. The maximum atomic E-state index is 12.9. The topological polar surface area (TPSA) is 61.0 Å². The first-order valence-corrected chi connectivity index (χ1v) is 6.43. The van der Waals surface area contributed by atoms with E-state index < -0.39 is 23.0 Å². The first-order chi connectivity index (χ1) is 9.30. The third-order valence-electron chi connectivity index (χ3n) is 3.53. The van der Waals surface area contributed by atoms with Crippen molar-refractivity contribution in [3.63, 3.8) is 0 Å². The second kappa shape index (κ2) is 5.53. The minimum Gasteiger partial charge on any atom is -0.314 e. The Morgan fingerprint density at radius 1 is 1.30 bits per heavy atom. The predicted octanol–water partition coefficient (Wildman–Crippen LogP) is 1.06. The second-order valence-corrected chi connectivity index (χ2v) is 4.88. The van der Waals surface area contributed by atoms with Gasteiger partial charge in [0.1, 0.15) is 5.82 Å². The van der Waals surface area contributed by atoms with Gasteiger partial charge in [-0.3, -0.25) is 9.69 Å². The molecule has 20 heavy (non-hydrogen) atoms. The zero-order valence-electron chi connectivity index (χ0n) is 11.3. The molecule has 5 nitrogen and oxygen atoms in total. The largest absolute Gasteiger partial charge is 0.433 e. The van der Waals surface area contributed by atoms with Crippen LogP contribution in [-0.2, 0) is 6.18 Å². The minimum atomic E-state index is -4.61. The van der Waals surface area contributed by atoms with Gasteiger partial charge >= 0.3 is 6.18 Å². The molecule has 1 aromatic heterocycles. The van der Waals surface area contributed by atoms with Crippen molar-refractivity contribution < 1.29 is 13.2 Å². The summed E-state index contributed by atoms with van der Waals surface area (Å²) in [7, 11) is 0. The number of nitrogens with one attached hydrogen (secondary N) is 2. The van der Waals surface area contributed by atoms with Gasteiger partial charge in [0.2, 0.25) is 0 Å². The Bertz CT molecular complexity index is 534. The molecule has 1 fully saturated rings. The number of hydrogen-bond acceptors (Lipinski definition) is 4. The molecule has 0 amide bonds. The smallest absolute Gasteiger partial charge is 0.314 e. The molecule has 1 aliphatic heterocycles. The van der Waals surface area contributed by atoms with Crippen LogP contribution >= 0.6 is 0 Å². The summed E-state index contributed by atoms with van der Waals surface area (Å²) >= 11 is 0. The van der Waals surface area contributed by atoms with Crippen molar-refractivity contribution in [2.75, 3.05) is 26.2 Å². The van der Waals surface area contributed by atoms with Crippen LogP contribution in [0.1, 0.15) is 30.0 Å². The Morgan fingerprint density at radius 2 is 1.90 bits per heavy atom. The Labute approximate surface area is 114 Å². The molecule has 2 rings (SSSR count). The first kappa shape index (κ1) is 15.0. The van der Waals surface area contributed by atoms with E-state index in [0.717, 1.165) is 20.0 Å². The summed E-state index contributed by atoms with van der Waals surface area (Å²) in [5, 5.41) is 3.16. The third kappa shape index (κ3) is 3.01. The fourth-order valence-corrected chi connectivity index (χ4v) is 2.27. The Hall–Kier alpha value is -1.41. The van der Waals surface area contributed by atoms with Crippen molar-refractivity contribution in [3.05, 3.63) is 27.4 Å². The van der Waals surface area contributed by atoms with Gasteiger partial charge in [0.25, 0.3) is 5.56 Å². The number of H-pyrrole nitrogens is 1. The highest BCUT2D eigenvalue weighted by Crippen LogP contribution is 2.29. The fraction of sp³-hybridized carbons (Fsp3) is 0.667. The number of hydrogen-bond donors (Lipinski definition) is 2. The molecule has 0 saturated carbocycles. The van der Waals surface area contributed by atoms with Gasteiger partial charge in [-0.2, -0.15) is 13.2 Å². The van der Waals surface area contributed by atoms with Crippen LogP contribution in [0.2, 0.25) is 0 Å². The standard InChI is InChI=1S/C12H17F3N4O/c1-7-9(12(13,14)15)17-10(18-11(7)20)8(2)19-5-3-16-4-6-19/h8,16H,3-6H2,1-2H3,(H,17,18,20). The van der Waals surface area contributed by atoms with Crippen LogP contribution in [0.4, 0.5) is 13.2 Å². The average molecular weight is 290 g/mol. The second-order valence-electron chi connectivity index (χ2n) is 4.88. The Balaban J connectivity index is 2.37. The lowest BCUT2D eigenvalue weighted by Crippen LogP contribution is -2.45. The van der Waals surface area contributed by atoms with E-state index in [-0.39, 0.29) is 11.9 Å². The molecule has 2 N–H and O–H groups in total. The third-order valence-corrected chi connectivity index (χ3v) is 3.53. The zero-order valence-corrected chi connectivity index (χ0v) is 11.3. The maximum Gasteiger partial charge on any atom is 0.433 e. The van der Waals surface area contributed by atoms with Crippen molar-refractivity contribution in [2.24, 2.45) is 0 Å². The maximum absolute atomic E-state index is 12.9. The van der Waals surface area contributed by atoms with E-state index in [4.69, 9.17) is 0 Å². The van der Waals surface area contributed by atoms with E-state index >= 15 is 0 Å². The van der Waals surface area contributed by atoms with Gasteiger partial charge < -0.3 is 10.3 Å². The van der Waals surface area contributed by atoms with Gasteiger partial charge in [0.05, 0.1) is 6.04 Å². The van der Waals surface area contributed by atoms with E-state index in [2.05, 4.69) is 15.3 Å². The van der Waals surface area contributed by atoms with E-state index in [0.29, 0.717) is 13.1 Å². The van der Waals surface area contributed by atoms with Gasteiger partial charge in [-0.25, -0.2) is 4.98 Å². The van der Waals surface area contributed by atoms with Crippen molar-refractivity contribution in [3.8, 4) is 0 Å². The SMILES string of the molecule is Cc1c(C(F)(F)F)nc(C(C)N2CCNCC2)[nH]c1=O. The van der Waals surface area contributed by atoms with E-state index in [1.54, 1.807) is 6.92 Å². The molecule has 8 heteroatoms. The molecule has 1 aromatic rings. The van der Waals surface area contributed by atoms with Gasteiger partial charge in [0.15, 0.2) is 5.69 Å². The van der Waals surface area contributed by atoms with Crippen molar-refractivity contribution in [1.29, 1.82) is 0 Å². The lowest BCUT2D eigenvalue weighted by Gasteiger charge is -2.32. The minimum absolute atomic E-state index is 0.0647. The summed E-state index contributed by atoms with van der Waals surface area (Å²) in [5.74, 6) is 0.0647. The molecule has 2 heterocycles. The number of alkyl halides is 3. The molecule has 112 valence electrons. The number of rotatable bonds is 2. The highest BCUT2D eigenvalue weighted by molar-refractivity contribution is 5.19. The molecule has 0 aliphatic carbocycles. The molecule has 0 spiro atoms. The molecular weight excluding hydrogens is 273 g/mol. The summed E-state index contributed by atoms with van der Waals surface area (Å²) < 4.78 is 38.6. The fourth-order valence-electron chi connectivity index (χ4n) is 2.27. The summed E-state index contributed by atoms with van der Waals surface area (Å²) in [6.07, 6.45) is -4.61. The van der Waals surface area contributed by atoms with Crippen LogP contribution in [0, 0.1) is 6.92 Å². The predicted molar refractivity (Wildman–Crippen MR) is 67.5 cm³/mol. The van der Waals surface area contributed by atoms with Crippen LogP contribution in [0.25, 0.3) is 0 Å². The molecular formula is C12H17F3N4O. The lowest BCUT2D eigenvalue weighted by atomic mass is 10.2. The first-order valence-electron chi connectivity index (χ1n) is 6.43. The van der Waals surface area contributed by atoms with Gasteiger partial charge in [-0.15, -0.1) is 0 Å². The van der Waals surface area contributed by atoms with Crippen LogP contribution in [0.3, 0.4) is 0 Å². The van der Waals surface area contributed by atoms with Crippen LogP contribution in [-0.4, -0.2) is 41.0 Å². The number of aromatic nitrogens is 2. The normalized spacial score (nSPS) is 19.1. The van der Waals surface area contributed by atoms with Crippen LogP contribution in [0.15, 0.2) is 4.79 Å². The van der Waals surface area contributed by atoms with E-state index in [1.807, 2.05) is 4.90 Å². The van der Waals surface area contributed by atoms with E-state index in [9.17, 15) is 18.0 Å². The monoisotopic (exact) mass is 290 g/mol. The molecule has 0 aromatic carbocycles. The molecule has 1 saturated heterocycles. The summed E-state index contributed by atoms with van der Waals surface area (Å²) in [6.45, 7) is 5.84. The van der Waals surface area contributed by atoms with Gasteiger partial charge in [-0.05, 0) is 13.8 Å². The van der Waals surface area contributed by atoms with Crippen molar-refractivity contribution in [1.82, 2.24) is 20.2 Å². The quantitative estimate of drug-likeness (QED) is 0.855. The highest BCUT2D eigenvalue weighted by atomic mass is 19.4. The molecule has 1 atom stereocenters. The summed E-state index contributed by atoms with van der Waals surface area (Å²) in [5.41, 5.74) is -2.23. The summed E-state index contributed by atoms with van der Waals surface area (Å²) in [4.78, 5) is 19.8. The lowest BCUT2D eigenvalue weighted by molar-refractivity contribution is -0.142. The molecule has 0 radical (unpaired) electrons. The van der Waals surface area contributed by atoms with Crippen LogP contribution in [0.5, 0.6) is 0 Å². The number of halogens is 3. The Morgan fingerprint density at radius 3 is 2.45 bits per heavy atom. The molecule has 0 bridgehead atoms. The summed E-state index contributed by atoms with van der Waals surface area (Å²) in [6, 6.07) is -0.355. The average Bonchev–Trinajstić information content (AvgIpc) is 2.40.